The van der Waals surface area contributed by atoms with Crippen LogP contribution < -0.4 is 15.8 Å². The zero-order chi connectivity index (χ0) is 35.1. The summed E-state index contributed by atoms with van der Waals surface area (Å²) < 4.78 is 45.0. The number of imidazole rings is 1. The summed E-state index contributed by atoms with van der Waals surface area (Å²) >= 11 is 5.94. The lowest BCUT2D eigenvalue weighted by Gasteiger charge is -2.31. The number of nitrogens with zero attached hydrogens (tertiary/aromatic N) is 4. The highest BCUT2D eigenvalue weighted by molar-refractivity contribution is 6.28. The molecule has 0 radical (unpaired) electrons. The summed E-state index contributed by atoms with van der Waals surface area (Å²) in [4.78, 5) is 52.0. The molecule has 2 aromatic heterocycles. The number of anilines is 2. The summed E-state index contributed by atoms with van der Waals surface area (Å²) in [6, 6.07) is 12.9. The van der Waals surface area contributed by atoms with Crippen molar-refractivity contribution >= 4 is 52.1 Å². The minimum atomic E-state index is -2.46. The summed E-state index contributed by atoms with van der Waals surface area (Å²) in [5, 5.41) is 14.0. The maximum Gasteiger partial charge on any atom is 0.350 e. The lowest BCUT2D eigenvalue weighted by molar-refractivity contribution is -0.201. The second-order valence-corrected chi connectivity index (χ2v) is 11.6. The minimum absolute atomic E-state index is 0.0345. The van der Waals surface area contributed by atoms with Gasteiger partial charge in [-0.1, -0.05) is 24.3 Å². The number of nitrogens with two attached hydrogens (primary N) is 1. The molecule has 2 aromatic carbocycles. The summed E-state index contributed by atoms with van der Waals surface area (Å²) in [5.74, 6) is -2.28. The van der Waals surface area contributed by atoms with E-state index in [0.29, 0.717) is 22.6 Å². The van der Waals surface area contributed by atoms with E-state index in [1.165, 1.54) is 31.9 Å². The topological polar surface area (TPSA) is 199 Å². The third-order valence-electron chi connectivity index (χ3n) is 8.31. The van der Waals surface area contributed by atoms with E-state index in [2.05, 4.69) is 20.3 Å². The number of para-hydroxylation sites is 1. The molecule has 0 bridgehead atoms. The second kappa shape index (κ2) is 13.2. The molecule has 3 heterocycles. The van der Waals surface area contributed by atoms with Gasteiger partial charge in [0, 0.05) is 12.1 Å². The largest absolute Gasteiger partial charge is 0.496 e. The fraction of sp³-hybridized carbons (Fsp3) is 0.375. The average Bonchev–Trinajstić information content (AvgIpc) is 3.31. The fourth-order valence-electron chi connectivity index (χ4n) is 5.83. The number of benzene rings is 2. The van der Waals surface area contributed by atoms with Gasteiger partial charge in [-0.3, -0.25) is 9.36 Å². The van der Waals surface area contributed by atoms with Crippen molar-refractivity contribution in [3.63, 3.8) is 0 Å². The van der Waals surface area contributed by atoms with Crippen molar-refractivity contribution in [2.24, 2.45) is 0 Å². The Balaban J connectivity index is 1.25. The Morgan fingerprint density at radius 2 is 1.78 bits per heavy atom. The van der Waals surface area contributed by atoms with Gasteiger partial charge in [0.25, 0.3) is 11.5 Å². The number of fused-ring (bicyclic) bond motifs is 2. The molecule has 49 heavy (non-hydrogen) atoms. The van der Waals surface area contributed by atoms with Crippen LogP contribution in [-0.2, 0) is 35.0 Å². The van der Waals surface area contributed by atoms with Gasteiger partial charge in [-0.15, -0.1) is 0 Å². The first-order valence-corrected chi connectivity index (χ1v) is 15.6. The summed E-state index contributed by atoms with van der Waals surface area (Å²) in [7, 11) is 1.46. The van der Waals surface area contributed by atoms with Gasteiger partial charge in [-0.25, -0.2) is 19.0 Å². The predicted molar refractivity (Wildman–Crippen MR) is 170 cm³/mol. The molecule has 17 heteroatoms. The number of aromatic nitrogens is 4. The highest BCUT2D eigenvalue weighted by Crippen LogP contribution is 2.58. The predicted octanol–water partition coefficient (Wildman–Crippen LogP) is 2.80. The second-order valence-electron chi connectivity index (χ2n) is 11.3. The highest BCUT2D eigenvalue weighted by atomic mass is 35.5. The molecule has 258 valence electrons. The molecule has 0 spiro atoms. The quantitative estimate of drug-likeness (QED) is 0.111. The van der Waals surface area contributed by atoms with Crippen LogP contribution in [0.25, 0.3) is 11.2 Å². The molecule has 4 aromatic rings. The van der Waals surface area contributed by atoms with E-state index in [0.717, 1.165) is 0 Å². The lowest BCUT2D eigenvalue weighted by atomic mass is 9.93. The molecule has 1 unspecified atom stereocenters. The van der Waals surface area contributed by atoms with Crippen LogP contribution in [0.2, 0.25) is 5.28 Å². The molecule has 1 amide bonds. The van der Waals surface area contributed by atoms with Crippen molar-refractivity contribution in [1.82, 2.24) is 19.5 Å². The van der Waals surface area contributed by atoms with Gasteiger partial charge in [0.15, 0.2) is 29.5 Å². The van der Waals surface area contributed by atoms with Crippen LogP contribution in [0.1, 0.15) is 36.0 Å². The normalized spacial score (nSPS) is 22.7. The SMILES string of the molecule is CCOC(=O)C(Cc1ccc(NC(=O)c2ccccc2OC)cc1)(OC1[C@H]2O[C@@H](n3cnc4c(N)nc(Cl)nc43)[C@@H](F)[C@@]12O)C(=O)OCC. The van der Waals surface area contributed by atoms with Crippen LogP contribution in [-0.4, -0.2) is 92.4 Å². The number of hydrogen-bond donors (Lipinski definition) is 3. The van der Waals surface area contributed by atoms with E-state index in [9.17, 15) is 19.5 Å². The first kappa shape index (κ1) is 34.0. The Morgan fingerprint density at radius 1 is 1.10 bits per heavy atom. The molecular weight excluding hydrogens is 667 g/mol. The minimum Gasteiger partial charge on any atom is -0.496 e. The van der Waals surface area contributed by atoms with Crippen LogP contribution >= 0.6 is 11.6 Å². The number of carbonyl (C=O) groups excluding carboxylic acids is 3. The summed E-state index contributed by atoms with van der Waals surface area (Å²) in [5.41, 5.74) is 2.46. The molecule has 2 aliphatic rings. The van der Waals surface area contributed by atoms with Gasteiger partial charge in [-0.2, -0.15) is 9.97 Å². The Hall–Kier alpha value is -4.90. The number of nitrogen functional groups attached to an aromatic ring is 1. The number of aliphatic hydroxyl groups is 1. The van der Waals surface area contributed by atoms with Crippen LogP contribution in [0, 0.1) is 0 Å². The number of hydrogen-bond acceptors (Lipinski definition) is 13. The maximum absolute atomic E-state index is 16.1. The molecule has 4 N–H and O–H groups in total. The molecule has 2 fully saturated rings. The Labute approximate surface area is 283 Å². The number of amides is 1. The van der Waals surface area contributed by atoms with Crippen molar-refractivity contribution in [1.29, 1.82) is 0 Å². The fourth-order valence-corrected chi connectivity index (χ4v) is 6.01. The van der Waals surface area contributed by atoms with Crippen LogP contribution in [0.5, 0.6) is 5.75 Å². The zero-order valence-corrected chi connectivity index (χ0v) is 27.2. The highest BCUT2D eigenvalue weighted by Gasteiger charge is 2.81. The number of nitrogens with one attached hydrogen (secondary N) is 1. The van der Waals surface area contributed by atoms with E-state index >= 15 is 4.39 Å². The van der Waals surface area contributed by atoms with Gasteiger partial charge < -0.3 is 39.8 Å². The number of rotatable bonds is 12. The Kier molecular flexibility index (Phi) is 9.15. The molecule has 1 aliphatic carbocycles. The van der Waals surface area contributed by atoms with Gasteiger partial charge in [-0.05, 0) is 55.3 Å². The van der Waals surface area contributed by atoms with Gasteiger partial charge in [0.2, 0.25) is 5.28 Å². The number of esters is 2. The van der Waals surface area contributed by atoms with Crippen LogP contribution in [0.15, 0.2) is 54.9 Å². The number of alkyl halides is 1. The van der Waals surface area contributed by atoms with Crippen LogP contribution in [0.4, 0.5) is 15.9 Å². The molecule has 1 saturated heterocycles. The number of carbonyl (C=O) groups is 3. The smallest absolute Gasteiger partial charge is 0.350 e. The summed E-state index contributed by atoms with van der Waals surface area (Å²) in [6.45, 7) is 2.83. The van der Waals surface area contributed by atoms with Gasteiger partial charge in [0.1, 0.15) is 23.5 Å². The lowest BCUT2D eigenvalue weighted by Crippen LogP contribution is -2.55. The third-order valence-corrected chi connectivity index (χ3v) is 8.47. The third kappa shape index (κ3) is 5.90. The molecule has 1 aliphatic heterocycles. The van der Waals surface area contributed by atoms with Crippen molar-refractivity contribution in [2.45, 2.75) is 56.1 Å². The van der Waals surface area contributed by atoms with Crippen molar-refractivity contribution < 1.29 is 47.6 Å². The van der Waals surface area contributed by atoms with Gasteiger partial charge in [0.05, 0.1) is 32.2 Å². The van der Waals surface area contributed by atoms with E-state index in [1.54, 1.807) is 48.5 Å². The van der Waals surface area contributed by atoms with Crippen molar-refractivity contribution in [3.05, 3.63) is 71.3 Å². The monoisotopic (exact) mass is 698 g/mol. The molecular formula is C32H32ClFN6O9. The Bertz CT molecular complexity index is 1890. The maximum atomic E-state index is 16.1. The average molecular weight is 699 g/mol. The van der Waals surface area contributed by atoms with Crippen molar-refractivity contribution in [2.75, 3.05) is 31.4 Å². The molecule has 5 atom stereocenters. The Morgan fingerprint density at radius 3 is 2.39 bits per heavy atom. The standard InChI is InChI=1S/C32H32ClFN6O9/c1-4-46-28(42)31(29(43)47-5-2,14-16-10-12-17(13-11-16)37-26(41)18-8-6-7-9-19(18)45-3)49-23-22-32(23,44)21(34)27(48-22)40-15-36-20-24(35)38-30(33)39-25(20)40/h6-13,15,21-23,27,44H,4-5,14H2,1-3H3,(H,37,41)(H2,35,38,39)/t21-,22-,23?,27-,32+/m1/s1. The van der Waals surface area contributed by atoms with E-state index in [-0.39, 0.29) is 35.5 Å². The molecule has 15 nitrogen and oxygen atoms in total. The van der Waals surface area contributed by atoms with Crippen LogP contribution in [0.3, 0.4) is 0 Å². The summed E-state index contributed by atoms with van der Waals surface area (Å²) in [6.07, 6.45) is -5.56. The first-order valence-electron chi connectivity index (χ1n) is 15.2. The van der Waals surface area contributed by atoms with E-state index < -0.39 is 60.1 Å². The van der Waals surface area contributed by atoms with Gasteiger partial charge >= 0.3 is 11.9 Å². The number of ether oxygens (including phenoxy) is 5. The zero-order valence-electron chi connectivity index (χ0n) is 26.5. The first-order chi connectivity index (χ1) is 23.5. The van der Waals surface area contributed by atoms with Crippen molar-refractivity contribution in [3.8, 4) is 5.75 Å². The number of methoxy groups -OCH3 is 1. The van der Waals surface area contributed by atoms with E-state index in [4.69, 9.17) is 41.0 Å². The number of halogens is 2. The molecule has 1 saturated carbocycles. The van der Waals surface area contributed by atoms with E-state index in [1.807, 2.05) is 0 Å². The molecule has 6 rings (SSSR count).